The van der Waals surface area contributed by atoms with Gasteiger partial charge in [-0.2, -0.15) is 0 Å². The van der Waals surface area contributed by atoms with Crippen molar-refractivity contribution in [3.05, 3.63) is 11.6 Å². The normalized spacial score (nSPS) is 27.1. The van der Waals surface area contributed by atoms with E-state index in [1.807, 2.05) is 0 Å². The van der Waals surface area contributed by atoms with Crippen LogP contribution in [0, 0.1) is 0 Å². The monoisotopic (exact) mass is 249 g/mol. The minimum absolute atomic E-state index is 0.0434. The van der Waals surface area contributed by atoms with E-state index in [2.05, 4.69) is 39.1 Å². The Morgan fingerprint density at radius 1 is 1.47 bits per heavy atom. The van der Waals surface area contributed by atoms with Crippen molar-refractivity contribution in [1.29, 1.82) is 0 Å². The zero-order chi connectivity index (χ0) is 11.9. The van der Waals surface area contributed by atoms with Crippen LogP contribution in [0.5, 0.6) is 0 Å². The van der Waals surface area contributed by atoms with Gasteiger partial charge in [0.25, 0.3) is 0 Å². The Morgan fingerprint density at radius 3 is 2.33 bits per heavy atom. The first-order chi connectivity index (χ1) is 6.52. The maximum absolute atomic E-state index is 11.3. The Kier molecular flexibility index (Phi) is 3.32. The van der Waals surface area contributed by atoms with Crippen molar-refractivity contribution in [3.8, 4) is 0 Å². The Balaban J connectivity index is 2.78. The van der Waals surface area contributed by atoms with Gasteiger partial charge in [0.1, 0.15) is 8.77 Å². The molecule has 0 aromatic rings. The molecule has 1 aliphatic rings. The second-order valence-electron chi connectivity index (χ2n) is 5.11. The van der Waals surface area contributed by atoms with Crippen LogP contribution in [0.3, 0.4) is 0 Å². The van der Waals surface area contributed by atoms with Crippen LogP contribution in [-0.2, 0) is 24.1 Å². The molecule has 0 bridgehead atoms. The number of hydrogen-bond donors (Lipinski definition) is 1. The lowest BCUT2D eigenvalue weighted by atomic mass is 9.98. The van der Waals surface area contributed by atoms with Gasteiger partial charge in [0, 0.05) is 28.5 Å². The summed E-state index contributed by atoms with van der Waals surface area (Å²) in [4.78, 5) is 0. The van der Waals surface area contributed by atoms with E-state index in [1.165, 1.54) is 6.26 Å². The maximum Gasteiger partial charge on any atom is 0.141 e. The Morgan fingerprint density at radius 2 is 2.00 bits per heavy atom. The standard InChI is InChI=1S/C10H19NO2S2/c1-9(2)6-8(10(3,4)11-9)7-13-15(5,12)14/h6,11H,7H2,1-5H3. The van der Waals surface area contributed by atoms with Crippen LogP contribution in [0.25, 0.3) is 0 Å². The van der Waals surface area contributed by atoms with Gasteiger partial charge in [0.2, 0.25) is 0 Å². The molecular weight excluding hydrogens is 230 g/mol. The zero-order valence-electron chi connectivity index (χ0n) is 9.92. The first-order valence-corrected chi connectivity index (χ1v) is 7.69. The fourth-order valence-electron chi connectivity index (χ4n) is 1.93. The molecular formula is C10H19NO2S2. The second-order valence-corrected chi connectivity index (χ2v) is 8.57. The highest BCUT2D eigenvalue weighted by molar-refractivity contribution is 8.29. The van der Waals surface area contributed by atoms with E-state index in [4.69, 9.17) is 15.4 Å². The highest BCUT2D eigenvalue weighted by Crippen LogP contribution is 2.29. The van der Waals surface area contributed by atoms with E-state index in [9.17, 15) is 4.21 Å². The van der Waals surface area contributed by atoms with Crippen LogP contribution in [-0.4, -0.2) is 28.1 Å². The van der Waals surface area contributed by atoms with Crippen molar-refractivity contribution < 1.29 is 8.39 Å². The fourth-order valence-corrected chi connectivity index (χ4v) is 2.42. The van der Waals surface area contributed by atoms with Crippen molar-refractivity contribution in [2.45, 2.75) is 38.8 Å². The molecule has 0 aromatic carbocycles. The minimum Gasteiger partial charge on any atom is -0.300 e. The summed E-state index contributed by atoms with van der Waals surface area (Å²) in [5.41, 5.74) is 0.939. The molecule has 3 nitrogen and oxygen atoms in total. The molecule has 5 heteroatoms. The first kappa shape index (κ1) is 13.1. The molecule has 1 rings (SSSR count). The molecule has 0 saturated carbocycles. The summed E-state index contributed by atoms with van der Waals surface area (Å²) in [6, 6.07) is 0. The number of hydrogen-bond acceptors (Lipinski definition) is 4. The molecule has 1 heterocycles. The van der Waals surface area contributed by atoms with Gasteiger partial charge in [-0.3, -0.25) is 9.50 Å². The smallest absolute Gasteiger partial charge is 0.141 e. The van der Waals surface area contributed by atoms with Crippen LogP contribution in [0.4, 0.5) is 0 Å². The summed E-state index contributed by atoms with van der Waals surface area (Å²) in [6.45, 7) is 8.69. The highest BCUT2D eigenvalue weighted by atomic mass is 32.8. The van der Waals surface area contributed by atoms with E-state index < -0.39 is 8.77 Å². The predicted octanol–water partition coefficient (Wildman–Crippen LogP) is 1.38. The van der Waals surface area contributed by atoms with E-state index >= 15 is 0 Å². The largest absolute Gasteiger partial charge is 0.300 e. The van der Waals surface area contributed by atoms with E-state index in [0.29, 0.717) is 6.61 Å². The van der Waals surface area contributed by atoms with Crippen molar-refractivity contribution in [2.75, 3.05) is 12.9 Å². The van der Waals surface area contributed by atoms with Crippen LogP contribution >= 0.6 is 0 Å². The van der Waals surface area contributed by atoms with Crippen molar-refractivity contribution >= 4 is 20.0 Å². The molecule has 0 aliphatic carbocycles. The van der Waals surface area contributed by atoms with Crippen molar-refractivity contribution in [2.24, 2.45) is 0 Å². The van der Waals surface area contributed by atoms with Crippen LogP contribution in [0.1, 0.15) is 27.7 Å². The molecule has 0 spiro atoms. The first-order valence-electron chi connectivity index (χ1n) is 4.88. The average Bonchev–Trinajstić information content (AvgIpc) is 2.13. The summed E-state index contributed by atoms with van der Waals surface area (Å²) in [7, 11) is -2.53. The predicted molar refractivity (Wildman–Crippen MR) is 66.8 cm³/mol. The lowest BCUT2D eigenvalue weighted by molar-refractivity contribution is 0.335. The third-order valence-electron chi connectivity index (χ3n) is 2.40. The molecule has 1 N–H and O–H groups in total. The van der Waals surface area contributed by atoms with Gasteiger partial charge in [0.05, 0.1) is 6.61 Å². The molecule has 0 aromatic heterocycles. The van der Waals surface area contributed by atoms with E-state index in [-0.39, 0.29) is 11.1 Å². The highest BCUT2D eigenvalue weighted by Gasteiger charge is 2.36. The molecule has 1 unspecified atom stereocenters. The van der Waals surface area contributed by atoms with E-state index in [0.717, 1.165) is 5.57 Å². The summed E-state index contributed by atoms with van der Waals surface area (Å²) in [5.74, 6) is 0. The second kappa shape index (κ2) is 3.80. The molecule has 88 valence electrons. The summed E-state index contributed by atoms with van der Waals surface area (Å²) in [5, 5.41) is 3.46. The summed E-state index contributed by atoms with van der Waals surface area (Å²) in [6.07, 6.45) is 3.55. The lowest BCUT2D eigenvalue weighted by Crippen LogP contribution is -2.46. The molecule has 0 saturated heterocycles. The Bertz CT molecular complexity index is 380. The third kappa shape index (κ3) is 3.83. The molecule has 1 atom stereocenters. The van der Waals surface area contributed by atoms with Gasteiger partial charge in [-0.15, -0.1) is 0 Å². The van der Waals surface area contributed by atoms with Gasteiger partial charge < -0.3 is 0 Å². The van der Waals surface area contributed by atoms with E-state index in [1.54, 1.807) is 0 Å². The fraction of sp³-hybridized carbons (Fsp3) is 0.800. The Hall–Kier alpha value is 0.0300. The SMILES string of the molecule is CC1(C)C=C(COS(C)(=O)=S)C(C)(C)N1. The summed E-state index contributed by atoms with van der Waals surface area (Å²) < 4.78 is 16.4. The van der Waals surface area contributed by atoms with Gasteiger partial charge >= 0.3 is 0 Å². The molecule has 0 radical (unpaired) electrons. The molecule has 1 aliphatic heterocycles. The quantitative estimate of drug-likeness (QED) is 0.767. The van der Waals surface area contributed by atoms with Gasteiger partial charge in [0.15, 0.2) is 0 Å². The average molecular weight is 249 g/mol. The minimum atomic E-state index is -2.53. The van der Waals surface area contributed by atoms with Gasteiger partial charge in [-0.1, -0.05) is 6.08 Å². The van der Waals surface area contributed by atoms with Crippen molar-refractivity contribution in [1.82, 2.24) is 5.32 Å². The number of rotatable bonds is 3. The molecule has 15 heavy (non-hydrogen) atoms. The molecule has 0 amide bonds. The topological polar surface area (TPSA) is 38.3 Å². The molecule has 0 fully saturated rings. The van der Waals surface area contributed by atoms with Crippen LogP contribution < -0.4 is 5.32 Å². The van der Waals surface area contributed by atoms with Crippen LogP contribution in [0.2, 0.25) is 0 Å². The van der Waals surface area contributed by atoms with Gasteiger partial charge in [-0.25, -0.2) is 4.21 Å². The third-order valence-corrected chi connectivity index (χ3v) is 3.24. The zero-order valence-corrected chi connectivity index (χ0v) is 11.6. The van der Waals surface area contributed by atoms with Crippen molar-refractivity contribution in [3.63, 3.8) is 0 Å². The summed E-state index contributed by atoms with van der Waals surface area (Å²) >= 11 is 4.71. The Labute approximate surface area is 97.2 Å². The lowest BCUT2D eigenvalue weighted by Gasteiger charge is -2.28. The maximum atomic E-state index is 11.3. The van der Waals surface area contributed by atoms with Crippen LogP contribution in [0.15, 0.2) is 11.6 Å². The van der Waals surface area contributed by atoms with Gasteiger partial charge in [-0.05, 0) is 33.3 Å². The number of nitrogens with one attached hydrogen (secondary N) is 1.